The minimum Gasteiger partial charge on any atom is -0.422 e. The largest absolute Gasteiger partial charge is 0.422 e. The number of rotatable bonds is 1. The summed E-state index contributed by atoms with van der Waals surface area (Å²) in [6.45, 7) is 0. The van der Waals surface area contributed by atoms with E-state index in [-0.39, 0.29) is 29.1 Å². The fourth-order valence-corrected chi connectivity index (χ4v) is 3.49. The lowest BCUT2D eigenvalue weighted by molar-refractivity contribution is 0.112. The lowest BCUT2D eigenvalue weighted by Crippen LogP contribution is -2.12. The van der Waals surface area contributed by atoms with Crippen molar-refractivity contribution < 1.29 is 17.6 Å². The van der Waals surface area contributed by atoms with Gasteiger partial charge >= 0.3 is 5.63 Å². The first-order chi connectivity index (χ1) is 9.98. The standard InChI is InChI=1S/C15H10O5S/c16-8-12-5-11-6-13-9-21(18,19)4-2-1-3-10(13)7-14(11)20-15(12)17/h5-8H,2,4,9H2. The van der Waals surface area contributed by atoms with E-state index >= 15 is 0 Å². The first kappa shape index (κ1) is 13.6. The van der Waals surface area contributed by atoms with Gasteiger partial charge in [-0.05, 0) is 23.8 Å². The summed E-state index contributed by atoms with van der Waals surface area (Å²) >= 11 is 0. The van der Waals surface area contributed by atoms with Gasteiger partial charge in [-0.2, -0.15) is 0 Å². The number of aldehydes is 1. The molecule has 1 aliphatic rings. The number of hydrogen-bond donors (Lipinski definition) is 0. The van der Waals surface area contributed by atoms with Gasteiger partial charge in [0.05, 0.1) is 11.5 Å². The maximum atomic E-state index is 11.9. The Labute approximate surface area is 120 Å². The Morgan fingerprint density at radius 3 is 2.81 bits per heavy atom. The molecule has 6 heteroatoms. The molecule has 0 aliphatic carbocycles. The van der Waals surface area contributed by atoms with Crippen LogP contribution in [0.1, 0.15) is 27.9 Å². The topological polar surface area (TPSA) is 81.4 Å². The van der Waals surface area contributed by atoms with E-state index in [0.29, 0.717) is 22.8 Å². The quantitative estimate of drug-likeness (QED) is 0.450. The monoisotopic (exact) mass is 302 g/mol. The molecule has 1 aliphatic heterocycles. The van der Waals surface area contributed by atoms with Gasteiger partial charge in [-0.3, -0.25) is 4.79 Å². The van der Waals surface area contributed by atoms with Crippen molar-refractivity contribution in [3.05, 3.63) is 45.3 Å². The highest BCUT2D eigenvalue weighted by molar-refractivity contribution is 7.90. The van der Waals surface area contributed by atoms with Gasteiger partial charge in [-0.15, -0.1) is 0 Å². The van der Waals surface area contributed by atoms with Crippen molar-refractivity contribution in [1.82, 2.24) is 0 Å². The minimum atomic E-state index is -3.21. The van der Waals surface area contributed by atoms with Gasteiger partial charge in [0, 0.05) is 17.4 Å². The molecule has 0 radical (unpaired) electrons. The molecular formula is C15H10O5S. The summed E-state index contributed by atoms with van der Waals surface area (Å²) in [5, 5.41) is 0.507. The Kier molecular flexibility index (Phi) is 3.15. The molecule has 0 spiro atoms. The van der Waals surface area contributed by atoms with Crippen molar-refractivity contribution in [2.24, 2.45) is 0 Å². The van der Waals surface area contributed by atoms with Crippen molar-refractivity contribution in [3.8, 4) is 11.8 Å². The van der Waals surface area contributed by atoms with Crippen molar-refractivity contribution >= 4 is 27.1 Å². The average molecular weight is 302 g/mol. The van der Waals surface area contributed by atoms with Gasteiger partial charge in [0.15, 0.2) is 16.1 Å². The molecule has 0 saturated carbocycles. The van der Waals surface area contributed by atoms with Crippen molar-refractivity contribution in [1.29, 1.82) is 0 Å². The lowest BCUT2D eigenvalue weighted by Gasteiger charge is -2.09. The van der Waals surface area contributed by atoms with Crippen LogP contribution in [0.3, 0.4) is 0 Å². The second-order valence-electron chi connectivity index (χ2n) is 4.80. The molecule has 1 aromatic heterocycles. The number of carbonyl (C=O) groups excluding carboxylic acids is 1. The molecule has 5 nitrogen and oxygen atoms in total. The summed E-state index contributed by atoms with van der Waals surface area (Å²) in [4.78, 5) is 22.3. The molecule has 0 fully saturated rings. The van der Waals surface area contributed by atoms with Gasteiger partial charge in [0.1, 0.15) is 11.1 Å². The zero-order chi connectivity index (χ0) is 15.0. The molecule has 21 heavy (non-hydrogen) atoms. The fourth-order valence-electron chi connectivity index (χ4n) is 2.22. The summed E-state index contributed by atoms with van der Waals surface area (Å²) in [7, 11) is -3.21. The molecule has 0 bridgehead atoms. The van der Waals surface area contributed by atoms with Crippen molar-refractivity contribution in [2.45, 2.75) is 12.2 Å². The Morgan fingerprint density at radius 1 is 1.24 bits per heavy atom. The van der Waals surface area contributed by atoms with Crippen LogP contribution in [0.15, 0.2) is 27.4 Å². The zero-order valence-electron chi connectivity index (χ0n) is 10.9. The van der Waals surface area contributed by atoms with Crippen LogP contribution in [-0.2, 0) is 15.6 Å². The number of carbonyl (C=O) groups is 1. The van der Waals surface area contributed by atoms with Crippen LogP contribution in [0.4, 0.5) is 0 Å². The first-order valence-corrected chi connectivity index (χ1v) is 8.06. The third-order valence-electron chi connectivity index (χ3n) is 3.25. The second-order valence-corrected chi connectivity index (χ2v) is 6.98. The summed E-state index contributed by atoms with van der Waals surface area (Å²) in [6, 6.07) is 4.56. The molecule has 0 N–H and O–H groups in total. The Morgan fingerprint density at radius 2 is 2.05 bits per heavy atom. The highest BCUT2D eigenvalue weighted by atomic mass is 32.2. The molecule has 0 atom stereocenters. The maximum Gasteiger partial charge on any atom is 0.346 e. The Balaban J connectivity index is 2.31. The Hall–Kier alpha value is -2.39. The molecule has 0 amide bonds. The molecular weight excluding hydrogens is 292 g/mol. The van der Waals surface area contributed by atoms with Crippen LogP contribution in [0.2, 0.25) is 0 Å². The molecule has 106 valence electrons. The van der Waals surface area contributed by atoms with Crippen LogP contribution in [0.5, 0.6) is 0 Å². The number of fused-ring (bicyclic) bond motifs is 2. The number of hydrogen-bond acceptors (Lipinski definition) is 5. The van der Waals surface area contributed by atoms with Gasteiger partial charge in [-0.25, -0.2) is 13.2 Å². The van der Waals surface area contributed by atoms with Crippen LogP contribution in [0.25, 0.3) is 11.0 Å². The fraction of sp³-hybridized carbons (Fsp3) is 0.200. The van der Waals surface area contributed by atoms with E-state index in [1.165, 1.54) is 6.07 Å². The second kappa shape index (κ2) is 4.86. The van der Waals surface area contributed by atoms with Gasteiger partial charge in [-0.1, -0.05) is 11.8 Å². The van der Waals surface area contributed by atoms with E-state index in [9.17, 15) is 18.0 Å². The molecule has 0 unspecified atom stereocenters. The van der Waals surface area contributed by atoms with E-state index in [1.54, 1.807) is 12.1 Å². The predicted molar refractivity (Wildman–Crippen MR) is 76.9 cm³/mol. The van der Waals surface area contributed by atoms with E-state index in [0.717, 1.165) is 0 Å². The normalized spacial score (nSPS) is 16.2. The highest BCUT2D eigenvalue weighted by Gasteiger charge is 2.17. The lowest BCUT2D eigenvalue weighted by atomic mass is 10.0. The third kappa shape index (κ3) is 2.60. The SMILES string of the molecule is O=Cc1cc2cc3c(cc2oc1=O)C#CCCS(=O)(=O)C3. The predicted octanol–water partition coefficient (Wildman–Crippen LogP) is 1.28. The molecule has 2 heterocycles. The van der Waals surface area contributed by atoms with Crippen molar-refractivity contribution in [3.63, 3.8) is 0 Å². The summed E-state index contributed by atoms with van der Waals surface area (Å²) < 4.78 is 28.9. The van der Waals surface area contributed by atoms with Gasteiger partial charge in [0.25, 0.3) is 0 Å². The Bertz CT molecular complexity index is 971. The van der Waals surface area contributed by atoms with Gasteiger partial charge in [0.2, 0.25) is 0 Å². The van der Waals surface area contributed by atoms with E-state index in [2.05, 4.69) is 11.8 Å². The zero-order valence-corrected chi connectivity index (χ0v) is 11.7. The van der Waals surface area contributed by atoms with E-state index < -0.39 is 15.5 Å². The summed E-state index contributed by atoms with van der Waals surface area (Å²) in [5.74, 6) is 5.61. The van der Waals surface area contributed by atoms with Crippen LogP contribution in [-0.4, -0.2) is 20.5 Å². The number of sulfone groups is 1. The molecule has 1 aromatic carbocycles. The first-order valence-electron chi connectivity index (χ1n) is 6.24. The molecule has 2 aromatic rings. The smallest absolute Gasteiger partial charge is 0.346 e. The molecule has 3 rings (SSSR count). The third-order valence-corrected chi connectivity index (χ3v) is 4.83. The molecule has 0 saturated heterocycles. The van der Waals surface area contributed by atoms with Crippen molar-refractivity contribution in [2.75, 3.05) is 5.75 Å². The number of benzene rings is 1. The van der Waals surface area contributed by atoms with E-state index in [4.69, 9.17) is 4.42 Å². The van der Waals surface area contributed by atoms with Crippen LogP contribution in [0, 0.1) is 11.8 Å². The van der Waals surface area contributed by atoms with E-state index in [1.807, 2.05) is 0 Å². The maximum absolute atomic E-state index is 11.9. The summed E-state index contributed by atoms with van der Waals surface area (Å²) in [5.41, 5.74) is 0.566. The van der Waals surface area contributed by atoms with Crippen LogP contribution >= 0.6 is 0 Å². The average Bonchev–Trinajstić information content (AvgIpc) is 2.41. The van der Waals surface area contributed by atoms with Crippen LogP contribution < -0.4 is 5.63 Å². The van der Waals surface area contributed by atoms with Gasteiger partial charge < -0.3 is 4.42 Å². The highest BCUT2D eigenvalue weighted by Crippen LogP contribution is 2.22. The minimum absolute atomic E-state index is 0.0287. The summed E-state index contributed by atoms with van der Waals surface area (Å²) in [6.07, 6.45) is 0.701.